The summed E-state index contributed by atoms with van der Waals surface area (Å²) < 4.78 is 1.78. The van der Waals surface area contributed by atoms with Crippen LogP contribution in [0.1, 0.15) is 45.9 Å². The van der Waals surface area contributed by atoms with Crippen LogP contribution in [0.15, 0.2) is 6.20 Å². The SMILES string of the molecule is C#CCn1cc(C(C)(C)N)c(C(C)(C)C)n1. The van der Waals surface area contributed by atoms with Crippen molar-refractivity contribution in [3.05, 3.63) is 17.5 Å². The van der Waals surface area contributed by atoms with Gasteiger partial charge in [0, 0.05) is 22.7 Å². The minimum atomic E-state index is -0.393. The predicted molar refractivity (Wildman–Crippen MR) is 67.0 cm³/mol. The molecule has 1 aromatic rings. The molecule has 88 valence electrons. The molecule has 0 aliphatic rings. The van der Waals surface area contributed by atoms with Gasteiger partial charge in [-0.15, -0.1) is 6.42 Å². The summed E-state index contributed by atoms with van der Waals surface area (Å²) in [6.45, 7) is 10.8. The second-order valence-corrected chi connectivity index (χ2v) is 5.76. The molecule has 1 rings (SSSR count). The van der Waals surface area contributed by atoms with Crippen molar-refractivity contribution >= 4 is 0 Å². The lowest BCUT2D eigenvalue weighted by molar-refractivity contribution is 0.502. The average molecular weight is 219 g/mol. The summed E-state index contributed by atoms with van der Waals surface area (Å²) in [5, 5.41) is 4.53. The summed E-state index contributed by atoms with van der Waals surface area (Å²) >= 11 is 0. The largest absolute Gasteiger partial charge is 0.322 e. The van der Waals surface area contributed by atoms with Gasteiger partial charge >= 0.3 is 0 Å². The van der Waals surface area contributed by atoms with Crippen LogP contribution in [0.4, 0.5) is 0 Å². The quantitative estimate of drug-likeness (QED) is 0.773. The van der Waals surface area contributed by atoms with Gasteiger partial charge in [0.05, 0.1) is 5.69 Å². The standard InChI is InChI=1S/C13H21N3/c1-7-8-16-9-10(13(5,6)14)11(15-16)12(2,3)4/h1,9H,8,14H2,2-6H3. The van der Waals surface area contributed by atoms with E-state index < -0.39 is 5.54 Å². The first kappa shape index (κ1) is 12.8. The van der Waals surface area contributed by atoms with Crippen LogP contribution in [0.25, 0.3) is 0 Å². The summed E-state index contributed by atoms with van der Waals surface area (Å²) in [6.07, 6.45) is 7.25. The summed E-state index contributed by atoms with van der Waals surface area (Å²) in [5.74, 6) is 2.59. The molecule has 2 N–H and O–H groups in total. The zero-order valence-corrected chi connectivity index (χ0v) is 10.8. The van der Waals surface area contributed by atoms with Crippen molar-refractivity contribution in [1.29, 1.82) is 0 Å². The van der Waals surface area contributed by atoms with Gasteiger partial charge in [0.1, 0.15) is 6.54 Å². The van der Waals surface area contributed by atoms with Crippen LogP contribution in [-0.2, 0) is 17.5 Å². The summed E-state index contributed by atoms with van der Waals surface area (Å²) in [7, 11) is 0. The van der Waals surface area contributed by atoms with Gasteiger partial charge in [-0.1, -0.05) is 26.7 Å². The Morgan fingerprint density at radius 2 is 1.94 bits per heavy atom. The third kappa shape index (κ3) is 2.65. The Morgan fingerprint density at radius 3 is 2.25 bits per heavy atom. The molecule has 0 atom stereocenters. The fourth-order valence-corrected chi connectivity index (χ4v) is 1.62. The van der Waals surface area contributed by atoms with Gasteiger partial charge in [-0.05, 0) is 13.8 Å². The van der Waals surface area contributed by atoms with Crippen LogP contribution in [0.2, 0.25) is 0 Å². The van der Waals surface area contributed by atoms with E-state index in [2.05, 4.69) is 31.8 Å². The van der Waals surface area contributed by atoms with Crippen LogP contribution in [0, 0.1) is 12.3 Å². The molecule has 0 saturated carbocycles. The first-order chi connectivity index (χ1) is 7.16. The minimum absolute atomic E-state index is 0.0220. The van der Waals surface area contributed by atoms with Crippen molar-refractivity contribution in [2.45, 2.75) is 52.1 Å². The molecule has 0 aromatic carbocycles. The van der Waals surface area contributed by atoms with Gasteiger partial charge in [-0.3, -0.25) is 4.68 Å². The highest BCUT2D eigenvalue weighted by molar-refractivity contribution is 5.30. The first-order valence-corrected chi connectivity index (χ1v) is 5.47. The second kappa shape index (κ2) is 3.95. The Bertz CT molecular complexity index is 376. The Labute approximate surface area is 98.0 Å². The van der Waals surface area contributed by atoms with Gasteiger partial charge in [-0.25, -0.2) is 0 Å². The molecule has 16 heavy (non-hydrogen) atoms. The van der Waals surface area contributed by atoms with Crippen molar-refractivity contribution < 1.29 is 0 Å². The van der Waals surface area contributed by atoms with Gasteiger partial charge in [0.15, 0.2) is 0 Å². The van der Waals surface area contributed by atoms with Crippen molar-refractivity contribution in [2.75, 3.05) is 0 Å². The molecule has 0 spiro atoms. The molecule has 0 unspecified atom stereocenters. The van der Waals surface area contributed by atoms with Crippen LogP contribution < -0.4 is 5.73 Å². The van der Waals surface area contributed by atoms with Crippen molar-refractivity contribution in [3.8, 4) is 12.3 Å². The van der Waals surface area contributed by atoms with E-state index in [0.717, 1.165) is 11.3 Å². The Balaban J connectivity index is 3.31. The van der Waals surface area contributed by atoms with Gasteiger partial charge in [0.25, 0.3) is 0 Å². The normalized spacial score (nSPS) is 12.6. The number of nitrogens with two attached hydrogens (primary N) is 1. The number of hydrogen-bond donors (Lipinski definition) is 1. The molecule has 0 aliphatic carbocycles. The maximum atomic E-state index is 6.16. The first-order valence-electron chi connectivity index (χ1n) is 5.47. The molecular formula is C13H21N3. The van der Waals surface area contributed by atoms with E-state index in [-0.39, 0.29) is 5.41 Å². The Hall–Kier alpha value is -1.27. The van der Waals surface area contributed by atoms with E-state index in [1.807, 2.05) is 20.0 Å². The van der Waals surface area contributed by atoms with Crippen molar-refractivity contribution in [3.63, 3.8) is 0 Å². The van der Waals surface area contributed by atoms with Gasteiger partial charge < -0.3 is 5.73 Å². The molecular weight excluding hydrogens is 198 g/mol. The molecule has 1 heterocycles. The van der Waals surface area contributed by atoms with E-state index >= 15 is 0 Å². The molecule has 0 saturated heterocycles. The summed E-state index contributed by atoms with van der Waals surface area (Å²) in [5.41, 5.74) is 7.83. The zero-order valence-electron chi connectivity index (χ0n) is 10.8. The maximum Gasteiger partial charge on any atom is 0.101 e. The second-order valence-electron chi connectivity index (χ2n) is 5.76. The molecule has 0 fully saturated rings. The number of terminal acetylenes is 1. The highest BCUT2D eigenvalue weighted by atomic mass is 15.3. The molecule has 0 aliphatic heterocycles. The summed E-state index contributed by atoms with van der Waals surface area (Å²) in [6, 6.07) is 0. The van der Waals surface area contributed by atoms with Gasteiger partial charge in [0.2, 0.25) is 0 Å². The van der Waals surface area contributed by atoms with Crippen LogP contribution in [0.3, 0.4) is 0 Å². The van der Waals surface area contributed by atoms with Crippen molar-refractivity contribution in [2.24, 2.45) is 5.73 Å². The summed E-state index contributed by atoms with van der Waals surface area (Å²) in [4.78, 5) is 0. The third-order valence-electron chi connectivity index (χ3n) is 2.42. The van der Waals surface area contributed by atoms with E-state index in [1.54, 1.807) is 4.68 Å². The topological polar surface area (TPSA) is 43.8 Å². The van der Waals surface area contributed by atoms with E-state index in [4.69, 9.17) is 12.2 Å². The fourth-order valence-electron chi connectivity index (χ4n) is 1.62. The average Bonchev–Trinajstić information content (AvgIpc) is 2.47. The highest BCUT2D eigenvalue weighted by Gasteiger charge is 2.28. The zero-order chi connectivity index (χ0) is 12.6. The number of hydrogen-bond acceptors (Lipinski definition) is 2. The number of rotatable bonds is 2. The van der Waals surface area contributed by atoms with E-state index in [1.165, 1.54) is 0 Å². The van der Waals surface area contributed by atoms with Crippen molar-refractivity contribution in [1.82, 2.24) is 9.78 Å². The lowest BCUT2D eigenvalue weighted by Gasteiger charge is -2.24. The predicted octanol–water partition coefficient (Wildman–Crippen LogP) is 2.01. The molecule has 0 bridgehead atoms. The van der Waals surface area contributed by atoms with Crippen LogP contribution in [0.5, 0.6) is 0 Å². The van der Waals surface area contributed by atoms with Crippen LogP contribution >= 0.6 is 0 Å². The highest BCUT2D eigenvalue weighted by Crippen LogP contribution is 2.30. The number of aromatic nitrogens is 2. The Kier molecular flexibility index (Phi) is 3.16. The van der Waals surface area contributed by atoms with Crippen LogP contribution in [-0.4, -0.2) is 9.78 Å². The Morgan fingerprint density at radius 1 is 1.38 bits per heavy atom. The van der Waals surface area contributed by atoms with E-state index in [0.29, 0.717) is 6.54 Å². The fraction of sp³-hybridized carbons (Fsp3) is 0.615. The minimum Gasteiger partial charge on any atom is -0.322 e. The number of nitrogens with zero attached hydrogens (tertiary/aromatic N) is 2. The third-order valence-corrected chi connectivity index (χ3v) is 2.42. The molecule has 3 heteroatoms. The molecule has 3 nitrogen and oxygen atoms in total. The lowest BCUT2D eigenvalue weighted by atomic mass is 9.84. The molecule has 0 radical (unpaired) electrons. The molecule has 1 aromatic heterocycles. The smallest absolute Gasteiger partial charge is 0.101 e. The van der Waals surface area contributed by atoms with E-state index in [9.17, 15) is 0 Å². The molecule has 0 amide bonds. The maximum absolute atomic E-state index is 6.16. The lowest BCUT2D eigenvalue weighted by Crippen LogP contribution is -2.31. The monoisotopic (exact) mass is 219 g/mol. The van der Waals surface area contributed by atoms with Gasteiger partial charge in [-0.2, -0.15) is 5.10 Å².